The van der Waals surface area contributed by atoms with Gasteiger partial charge in [0, 0.05) is 24.4 Å². The van der Waals surface area contributed by atoms with E-state index in [1.807, 2.05) is 45.4 Å². The van der Waals surface area contributed by atoms with Gasteiger partial charge in [0.2, 0.25) is 0 Å². The number of aromatic amines is 1. The second-order valence-electron chi connectivity index (χ2n) is 7.03. The molecule has 1 fully saturated rings. The van der Waals surface area contributed by atoms with Gasteiger partial charge in [0.25, 0.3) is 5.56 Å². The molecule has 8 heteroatoms. The molecule has 1 saturated heterocycles. The van der Waals surface area contributed by atoms with Crippen molar-refractivity contribution in [3.8, 4) is 0 Å². The minimum atomic E-state index is -0.0634. The summed E-state index contributed by atoms with van der Waals surface area (Å²) in [6, 6.07) is 3.80. The number of carbonyl (C=O) groups is 1. The van der Waals surface area contributed by atoms with Crippen molar-refractivity contribution in [2.75, 3.05) is 32.1 Å². The van der Waals surface area contributed by atoms with Gasteiger partial charge in [-0.2, -0.15) is 0 Å². The van der Waals surface area contributed by atoms with E-state index in [0.29, 0.717) is 18.4 Å². The van der Waals surface area contributed by atoms with Crippen molar-refractivity contribution in [2.45, 2.75) is 19.8 Å². The van der Waals surface area contributed by atoms with Gasteiger partial charge >= 0.3 is 0 Å². The molecular weight excluding hydrogens is 380 g/mol. The first-order valence-corrected chi connectivity index (χ1v) is 9.84. The van der Waals surface area contributed by atoms with E-state index in [0.717, 1.165) is 41.8 Å². The van der Waals surface area contributed by atoms with Crippen LogP contribution >= 0.6 is 0 Å². The van der Waals surface area contributed by atoms with E-state index in [2.05, 4.69) is 20.2 Å². The lowest BCUT2D eigenvalue weighted by Gasteiger charge is -2.17. The van der Waals surface area contributed by atoms with Crippen molar-refractivity contribution < 1.29 is 4.79 Å². The van der Waals surface area contributed by atoms with Crippen LogP contribution in [0.2, 0.25) is 0 Å². The summed E-state index contributed by atoms with van der Waals surface area (Å²) in [7, 11) is 3.75. The normalized spacial score (nSPS) is 16.0. The maximum atomic E-state index is 12.0. The van der Waals surface area contributed by atoms with Crippen LogP contribution in [0.3, 0.4) is 0 Å². The zero-order chi connectivity index (χ0) is 22.1. The van der Waals surface area contributed by atoms with E-state index >= 15 is 0 Å². The Morgan fingerprint density at radius 2 is 1.97 bits per heavy atom. The Labute approximate surface area is 176 Å². The molecule has 6 N–H and O–H groups in total. The van der Waals surface area contributed by atoms with Gasteiger partial charge in [-0.3, -0.25) is 14.6 Å². The van der Waals surface area contributed by atoms with E-state index < -0.39 is 0 Å². The molecule has 2 aromatic rings. The van der Waals surface area contributed by atoms with E-state index in [1.54, 1.807) is 6.08 Å². The predicted molar refractivity (Wildman–Crippen MR) is 122 cm³/mol. The molecule has 30 heavy (non-hydrogen) atoms. The molecule has 0 bridgehead atoms. The number of nitrogens with zero attached hydrogens (tertiary/aromatic N) is 2. The van der Waals surface area contributed by atoms with E-state index in [1.165, 1.54) is 11.6 Å². The number of aromatic nitrogens is 2. The van der Waals surface area contributed by atoms with Crippen LogP contribution in [0.25, 0.3) is 11.0 Å². The summed E-state index contributed by atoms with van der Waals surface area (Å²) in [5.74, 6) is 0. The van der Waals surface area contributed by atoms with Gasteiger partial charge in [-0.15, -0.1) is 0 Å². The summed E-state index contributed by atoms with van der Waals surface area (Å²) < 4.78 is 0. The van der Waals surface area contributed by atoms with Gasteiger partial charge in [-0.05, 0) is 62.9 Å². The Morgan fingerprint density at radius 1 is 1.27 bits per heavy atom. The first-order chi connectivity index (χ1) is 14.4. The lowest BCUT2D eigenvalue weighted by Crippen LogP contribution is -2.19. The minimum absolute atomic E-state index is 0.0634. The Morgan fingerprint density at radius 3 is 2.63 bits per heavy atom. The van der Waals surface area contributed by atoms with E-state index in [-0.39, 0.29) is 11.3 Å². The van der Waals surface area contributed by atoms with Gasteiger partial charge in [0.05, 0.1) is 28.6 Å². The smallest absolute Gasteiger partial charge is 0.251 e. The third-order valence-electron chi connectivity index (χ3n) is 4.57. The second kappa shape index (κ2) is 11.0. The summed E-state index contributed by atoms with van der Waals surface area (Å²) >= 11 is 0. The number of fused-ring (bicyclic) bond motifs is 1. The summed E-state index contributed by atoms with van der Waals surface area (Å²) in [5.41, 5.74) is 16.4. The fourth-order valence-electron chi connectivity index (χ4n) is 3.08. The zero-order valence-corrected chi connectivity index (χ0v) is 17.7. The average Bonchev–Trinajstić information content (AvgIpc) is 3.20. The van der Waals surface area contributed by atoms with Gasteiger partial charge in [0.1, 0.15) is 0 Å². The Hall–Kier alpha value is -3.39. The van der Waals surface area contributed by atoms with Crippen molar-refractivity contribution in [3.63, 3.8) is 0 Å². The topological polar surface area (TPSA) is 130 Å². The number of rotatable bonds is 5. The highest BCUT2D eigenvalue weighted by Crippen LogP contribution is 2.25. The van der Waals surface area contributed by atoms with Crippen LogP contribution in [-0.2, 0) is 11.2 Å². The van der Waals surface area contributed by atoms with Crippen LogP contribution in [0, 0.1) is 0 Å². The number of allylic oxidation sites excluding steroid dienone is 4. The summed E-state index contributed by atoms with van der Waals surface area (Å²) in [4.78, 5) is 32.1. The average molecular weight is 411 g/mol. The van der Waals surface area contributed by atoms with Crippen molar-refractivity contribution in [1.29, 1.82) is 0 Å². The van der Waals surface area contributed by atoms with Crippen LogP contribution in [0.1, 0.15) is 18.9 Å². The highest BCUT2D eigenvalue weighted by Gasteiger charge is 2.18. The summed E-state index contributed by atoms with van der Waals surface area (Å²) in [6.45, 7) is 3.52. The molecule has 0 saturated carbocycles. The number of pyridine rings is 2. The summed E-state index contributed by atoms with van der Waals surface area (Å²) in [5, 5.41) is 2.75. The Balaban J connectivity index is 0.00000101. The highest BCUT2D eigenvalue weighted by atomic mass is 16.1. The number of aryl methyl sites for hydroxylation is 1. The zero-order valence-electron chi connectivity index (χ0n) is 17.7. The molecule has 0 spiro atoms. The quantitative estimate of drug-likeness (QED) is 0.332. The Kier molecular flexibility index (Phi) is 8.37. The van der Waals surface area contributed by atoms with Gasteiger partial charge in [-0.25, -0.2) is 0 Å². The molecule has 0 aliphatic carbocycles. The van der Waals surface area contributed by atoms with Crippen molar-refractivity contribution in [1.82, 2.24) is 15.3 Å². The second-order valence-corrected chi connectivity index (χ2v) is 7.03. The van der Waals surface area contributed by atoms with Crippen LogP contribution in [0.4, 0.5) is 5.69 Å². The third-order valence-corrected chi connectivity index (χ3v) is 4.57. The first-order valence-electron chi connectivity index (χ1n) is 9.84. The monoisotopic (exact) mass is 410 g/mol. The third kappa shape index (κ3) is 6.05. The molecule has 0 radical (unpaired) electrons. The van der Waals surface area contributed by atoms with Gasteiger partial charge < -0.3 is 26.7 Å². The lowest BCUT2D eigenvalue weighted by atomic mass is 10.2. The van der Waals surface area contributed by atoms with Crippen LogP contribution < -0.4 is 27.2 Å². The first kappa shape index (κ1) is 22.9. The van der Waals surface area contributed by atoms with Gasteiger partial charge in [0.15, 0.2) is 6.29 Å². The van der Waals surface area contributed by atoms with Crippen molar-refractivity contribution in [2.24, 2.45) is 11.5 Å². The molecule has 1 aliphatic rings. The van der Waals surface area contributed by atoms with E-state index in [9.17, 15) is 9.59 Å². The fraction of sp³-hybridized carbons (Fsp3) is 0.318. The maximum absolute atomic E-state index is 12.0. The number of hydrogen-bond acceptors (Lipinski definition) is 7. The maximum Gasteiger partial charge on any atom is 0.251 e. The van der Waals surface area contributed by atoms with Crippen LogP contribution in [0.15, 0.2) is 58.3 Å². The molecule has 0 amide bonds. The Bertz CT molecular complexity index is 1040. The molecule has 1 aliphatic heterocycles. The van der Waals surface area contributed by atoms with Crippen LogP contribution in [-0.4, -0.2) is 43.4 Å². The number of H-pyrrole nitrogens is 1. The number of aldehydes is 1. The van der Waals surface area contributed by atoms with E-state index in [4.69, 9.17) is 11.5 Å². The standard InChI is InChI=1S/C20H23N5O2.C2H7N/c1-2-14-8-18-19(24-20(14)27)9-17(10-23-18)25-6-5-13(11-25)7-15(21)3-4-16(22)12-26;1-3-2/h3-4,7-10,12H,2,5-6,11,21-22H2,1H3,(H,24,27);3H,1-2H3/b13-7-,15-3-,16-4-;. The molecule has 0 unspecified atom stereocenters. The number of nitrogens with one attached hydrogen (secondary N) is 2. The molecule has 3 rings (SSSR count). The minimum Gasteiger partial charge on any atom is -0.399 e. The van der Waals surface area contributed by atoms with Crippen molar-refractivity contribution >= 4 is 23.0 Å². The number of hydrogen-bond donors (Lipinski definition) is 4. The van der Waals surface area contributed by atoms with Crippen molar-refractivity contribution in [3.05, 3.63) is 69.4 Å². The molecule has 0 atom stereocenters. The molecule has 8 nitrogen and oxygen atoms in total. The lowest BCUT2D eigenvalue weighted by molar-refractivity contribution is -0.104. The molecule has 0 aromatic carbocycles. The van der Waals surface area contributed by atoms with Crippen LogP contribution in [0.5, 0.6) is 0 Å². The highest BCUT2D eigenvalue weighted by molar-refractivity contribution is 5.78. The fourth-order valence-corrected chi connectivity index (χ4v) is 3.08. The largest absolute Gasteiger partial charge is 0.399 e. The molecule has 3 heterocycles. The molecular formula is C22H30N6O2. The molecule has 160 valence electrons. The number of nitrogens with two attached hydrogens (primary N) is 2. The predicted octanol–water partition coefficient (Wildman–Crippen LogP) is 1.34. The number of anilines is 1. The summed E-state index contributed by atoms with van der Waals surface area (Å²) in [6.07, 6.45) is 8.97. The SMILES string of the molecule is CCc1cc2ncc(N3CC/C(=C/C(N)=C/C=C(\N)C=O)C3)cc2[nH]c1=O.CNC. The van der Waals surface area contributed by atoms with Gasteiger partial charge in [-0.1, -0.05) is 6.92 Å². The molecule has 2 aromatic heterocycles. The number of carbonyl (C=O) groups excluding carboxylic acids is 1.